The average Bonchev–Trinajstić information content (AvgIpc) is 3.94. The molecule has 0 fully saturated rings. The SMILES string of the molecule is c1ccc(-c2cccc(-c3cccc(-c4ccc(-c5ccc(-n6c7ccccc7c7ccc(-c8cccc9c8c8ccccc8n9-c8cccc(-c9ccccc9)c8)cc76)cc5)cc4)c3)c2)cc1. The first-order chi connectivity index (χ1) is 33.7. The molecular formula is C66H44N2. The van der Waals surface area contributed by atoms with Crippen molar-refractivity contribution in [2.45, 2.75) is 0 Å². The van der Waals surface area contributed by atoms with Gasteiger partial charge in [0.2, 0.25) is 0 Å². The van der Waals surface area contributed by atoms with Crippen LogP contribution in [-0.2, 0) is 0 Å². The highest BCUT2D eigenvalue weighted by Gasteiger charge is 2.19. The summed E-state index contributed by atoms with van der Waals surface area (Å²) in [6.45, 7) is 0. The molecule has 0 aliphatic heterocycles. The topological polar surface area (TPSA) is 9.86 Å². The summed E-state index contributed by atoms with van der Waals surface area (Å²) < 4.78 is 4.86. The van der Waals surface area contributed by atoms with E-state index in [4.69, 9.17) is 0 Å². The van der Waals surface area contributed by atoms with E-state index in [1.54, 1.807) is 0 Å². The van der Waals surface area contributed by atoms with E-state index in [2.05, 4.69) is 276 Å². The number of benzene rings is 11. The van der Waals surface area contributed by atoms with Gasteiger partial charge in [0.05, 0.1) is 22.1 Å². The zero-order chi connectivity index (χ0) is 45.0. The second kappa shape index (κ2) is 16.5. The summed E-state index contributed by atoms with van der Waals surface area (Å²) in [5.74, 6) is 0. The van der Waals surface area contributed by atoms with Crippen LogP contribution in [0.2, 0.25) is 0 Å². The smallest absolute Gasteiger partial charge is 0.0547 e. The van der Waals surface area contributed by atoms with Crippen LogP contribution in [0.15, 0.2) is 267 Å². The molecule has 2 heteroatoms. The third kappa shape index (κ3) is 6.82. The Morgan fingerprint density at radius 1 is 0.191 bits per heavy atom. The van der Waals surface area contributed by atoms with Gasteiger partial charge in [0.1, 0.15) is 0 Å². The molecule has 68 heavy (non-hydrogen) atoms. The maximum Gasteiger partial charge on any atom is 0.0547 e. The van der Waals surface area contributed by atoms with E-state index in [1.807, 2.05) is 0 Å². The molecule has 2 heterocycles. The van der Waals surface area contributed by atoms with Crippen molar-refractivity contribution in [1.29, 1.82) is 0 Å². The molecule has 318 valence electrons. The van der Waals surface area contributed by atoms with Gasteiger partial charge in [0.25, 0.3) is 0 Å². The molecule has 0 saturated carbocycles. The number of hydrogen-bond acceptors (Lipinski definition) is 0. The molecular weight excluding hydrogens is 821 g/mol. The second-order valence-electron chi connectivity index (χ2n) is 17.7. The number of aromatic nitrogens is 2. The van der Waals surface area contributed by atoms with Crippen molar-refractivity contribution in [3.63, 3.8) is 0 Å². The summed E-state index contributed by atoms with van der Waals surface area (Å²) in [5, 5.41) is 4.98. The molecule has 13 rings (SSSR count). The fourth-order valence-electron chi connectivity index (χ4n) is 10.5. The quantitative estimate of drug-likeness (QED) is 0.144. The highest BCUT2D eigenvalue weighted by molar-refractivity contribution is 6.17. The maximum atomic E-state index is 2.43. The molecule has 0 radical (unpaired) electrons. The zero-order valence-electron chi connectivity index (χ0n) is 37.3. The molecule has 2 nitrogen and oxygen atoms in total. The third-order valence-electron chi connectivity index (χ3n) is 13.7. The first-order valence-corrected chi connectivity index (χ1v) is 23.4. The average molecular weight is 865 g/mol. The molecule has 0 saturated heterocycles. The van der Waals surface area contributed by atoms with Crippen LogP contribution in [0.5, 0.6) is 0 Å². The van der Waals surface area contributed by atoms with Gasteiger partial charge in [-0.1, -0.05) is 206 Å². The molecule has 11 aromatic carbocycles. The highest BCUT2D eigenvalue weighted by Crippen LogP contribution is 2.42. The third-order valence-corrected chi connectivity index (χ3v) is 13.7. The molecule has 2 aromatic heterocycles. The van der Waals surface area contributed by atoms with Crippen LogP contribution in [0.25, 0.3) is 122 Å². The van der Waals surface area contributed by atoms with Gasteiger partial charge in [0.15, 0.2) is 0 Å². The van der Waals surface area contributed by atoms with E-state index < -0.39 is 0 Å². The summed E-state index contributed by atoms with van der Waals surface area (Å²) in [4.78, 5) is 0. The fourth-order valence-corrected chi connectivity index (χ4v) is 10.5. The van der Waals surface area contributed by atoms with Gasteiger partial charge in [-0.3, -0.25) is 0 Å². The zero-order valence-corrected chi connectivity index (χ0v) is 37.3. The molecule has 0 bridgehead atoms. The van der Waals surface area contributed by atoms with Gasteiger partial charge < -0.3 is 9.13 Å². The molecule has 0 aliphatic carbocycles. The molecule has 0 spiro atoms. The number of para-hydroxylation sites is 2. The van der Waals surface area contributed by atoms with Gasteiger partial charge in [-0.05, 0) is 127 Å². The lowest BCUT2D eigenvalue weighted by molar-refractivity contribution is 1.18. The lowest BCUT2D eigenvalue weighted by atomic mass is 9.95. The van der Waals surface area contributed by atoms with Crippen LogP contribution in [0.3, 0.4) is 0 Å². The number of hydrogen-bond donors (Lipinski definition) is 0. The van der Waals surface area contributed by atoms with Gasteiger partial charge in [-0.2, -0.15) is 0 Å². The predicted octanol–water partition coefficient (Wildman–Crippen LogP) is 17.9. The summed E-state index contributed by atoms with van der Waals surface area (Å²) in [6, 6.07) is 97.3. The van der Waals surface area contributed by atoms with Crippen LogP contribution < -0.4 is 0 Å². The van der Waals surface area contributed by atoms with Gasteiger partial charge >= 0.3 is 0 Å². The number of rotatable bonds is 8. The van der Waals surface area contributed by atoms with Crippen molar-refractivity contribution in [3.05, 3.63) is 267 Å². The largest absolute Gasteiger partial charge is 0.309 e. The predicted molar refractivity (Wildman–Crippen MR) is 288 cm³/mol. The summed E-state index contributed by atoms with van der Waals surface area (Å²) >= 11 is 0. The van der Waals surface area contributed by atoms with Gasteiger partial charge in [0, 0.05) is 32.9 Å². The van der Waals surface area contributed by atoms with Crippen molar-refractivity contribution in [2.24, 2.45) is 0 Å². The van der Waals surface area contributed by atoms with Gasteiger partial charge in [-0.15, -0.1) is 0 Å². The van der Waals surface area contributed by atoms with Crippen molar-refractivity contribution in [2.75, 3.05) is 0 Å². The Hall–Kier alpha value is -8.98. The second-order valence-corrected chi connectivity index (χ2v) is 17.7. The Balaban J connectivity index is 0.849. The minimum atomic E-state index is 1.13. The number of fused-ring (bicyclic) bond motifs is 6. The van der Waals surface area contributed by atoms with Crippen molar-refractivity contribution >= 4 is 43.6 Å². The van der Waals surface area contributed by atoms with E-state index in [0.29, 0.717) is 0 Å². The highest BCUT2D eigenvalue weighted by atomic mass is 15.0. The van der Waals surface area contributed by atoms with E-state index >= 15 is 0 Å². The van der Waals surface area contributed by atoms with Crippen molar-refractivity contribution in [1.82, 2.24) is 9.13 Å². The molecule has 0 atom stereocenters. The summed E-state index contributed by atoms with van der Waals surface area (Å²) in [6.07, 6.45) is 0. The monoisotopic (exact) mass is 864 g/mol. The van der Waals surface area contributed by atoms with E-state index in [9.17, 15) is 0 Å². The standard InChI is InChI=1S/C66H44N2/c1-3-15-45(16-4-1)50-19-11-21-52(41-50)53-22-12-20-51(42-53)49-33-31-47(32-34-49)48-35-38-56(39-36-48)67-62-28-9-7-25-59(62)60-40-37-55(44-65(60)67)58-27-14-30-64-66(58)61-26-8-10-29-63(61)68(64)57-24-13-23-54(43-57)46-17-5-2-6-18-46/h1-44H. The molecule has 0 N–H and O–H groups in total. The van der Waals surface area contributed by atoms with Crippen LogP contribution in [-0.4, -0.2) is 9.13 Å². The first-order valence-electron chi connectivity index (χ1n) is 23.4. The van der Waals surface area contributed by atoms with Crippen LogP contribution in [0, 0.1) is 0 Å². The Labute approximate surface area is 395 Å². The Bertz CT molecular complexity index is 3990. The van der Waals surface area contributed by atoms with Crippen LogP contribution >= 0.6 is 0 Å². The molecule has 0 aliphatic rings. The van der Waals surface area contributed by atoms with E-state index in [-0.39, 0.29) is 0 Å². The lowest BCUT2D eigenvalue weighted by Gasteiger charge is -2.12. The van der Waals surface area contributed by atoms with Crippen molar-refractivity contribution in [3.8, 4) is 78.1 Å². The minimum Gasteiger partial charge on any atom is -0.309 e. The van der Waals surface area contributed by atoms with Gasteiger partial charge in [-0.25, -0.2) is 0 Å². The van der Waals surface area contributed by atoms with Crippen molar-refractivity contribution < 1.29 is 0 Å². The Morgan fingerprint density at radius 3 is 1.22 bits per heavy atom. The molecule has 0 unspecified atom stereocenters. The number of nitrogens with zero attached hydrogens (tertiary/aromatic N) is 2. The lowest BCUT2D eigenvalue weighted by Crippen LogP contribution is -1.95. The normalized spacial score (nSPS) is 11.5. The molecule has 0 amide bonds. The first kappa shape index (κ1) is 39.4. The minimum absolute atomic E-state index is 1.13. The van der Waals surface area contributed by atoms with E-state index in [0.717, 1.165) is 11.4 Å². The molecule has 13 aromatic rings. The van der Waals surface area contributed by atoms with Crippen LogP contribution in [0.4, 0.5) is 0 Å². The van der Waals surface area contributed by atoms with Crippen LogP contribution in [0.1, 0.15) is 0 Å². The summed E-state index contributed by atoms with van der Waals surface area (Å²) in [5.41, 5.74) is 21.5. The Morgan fingerprint density at radius 2 is 0.588 bits per heavy atom. The van der Waals surface area contributed by atoms with E-state index in [1.165, 1.54) is 110 Å². The summed E-state index contributed by atoms with van der Waals surface area (Å²) in [7, 11) is 0. The maximum absolute atomic E-state index is 2.43. The fraction of sp³-hybridized carbons (Fsp3) is 0. The Kier molecular flexibility index (Phi) is 9.54.